The fourth-order valence-corrected chi connectivity index (χ4v) is 5.61. The molecule has 2 aromatic heterocycles. The van der Waals surface area contributed by atoms with Crippen LogP contribution in [0.3, 0.4) is 0 Å². The van der Waals surface area contributed by atoms with E-state index in [0.717, 1.165) is 12.1 Å². The minimum Gasteiger partial charge on any atom is -0.396 e. The molecule has 0 aliphatic carbocycles. The van der Waals surface area contributed by atoms with Crippen molar-refractivity contribution in [2.45, 2.75) is 26.4 Å². The van der Waals surface area contributed by atoms with E-state index in [9.17, 15) is 42.6 Å². The molecule has 0 fully saturated rings. The minimum absolute atomic E-state index is 0.186. The molecule has 0 aliphatic heterocycles. The van der Waals surface area contributed by atoms with E-state index in [1.165, 1.54) is 5.54 Å². The number of phosphoric ester groups is 2. The SMILES string of the molecule is CCC(CO)COP(=O)(O)OCCn1c(=O)c2cc3c(=O)n(CCOP(=O)(O)OCC(CO)CNF)c(=O)c3cc2c1=O. The molecule has 1 aromatic carbocycles. The Morgan fingerprint density at radius 2 is 1.12 bits per heavy atom. The topological polar surface area (TPSA) is 242 Å². The van der Waals surface area contributed by atoms with Crippen molar-refractivity contribution in [1.82, 2.24) is 14.7 Å². The summed E-state index contributed by atoms with van der Waals surface area (Å²) in [4.78, 5) is 71.2. The van der Waals surface area contributed by atoms with Crippen molar-refractivity contribution in [2.75, 3.05) is 46.2 Å². The fourth-order valence-electron chi connectivity index (χ4n) is 4.03. The number of halogens is 1. The predicted molar refractivity (Wildman–Crippen MR) is 149 cm³/mol. The average Bonchev–Trinajstić information content (AvgIpc) is 3.34. The van der Waals surface area contributed by atoms with Crippen molar-refractivity contribution in [3.05, 3.63) is 53.5 Å². The summed E-state index contributed by atoms with van der Waals surface area (Å²) in [7, 11) is -9.23. The van der Waals surface area contributed by atoms with E-state index >= 15 is 0 Å². The van der Waals surface area contributed by atoms with Crippen molar-refractivity contribution < 1.29 is 51.7 Å². The van der Waals surface area contributed by atoms with Crippen LogP contribution in [0.25, 0.3) is 21.5 Å². The van der Waals surface area contributed by atoms with E-state index in [-0.39, 0.29) is 47.2 Å². The third-order valence-corrected chi connectivity index (χ3v) is 8.57. The summed E-state index contributed by atoms with van der Waals surface area (Å²) in [6, 6.07) is 2.14. The Bertz CT molecular complexity index is 1630. The molecule has 0 aliphatic rings. The Morgan fingerprint density at radius 3 is 1.44 bits per heavy atom. The molecule has 3 aromatic rings. The van der Waals surface area contributed by atoms with E-state index in [0.29, 0.717) is 15.6 Å². The van der Waals surface area contributed by atoms with Gasteiger partial charge in [0.2, 0.25) is 0 Å². The maximum Gasteiger partial charge on any atom is 0.472 e. The molecule has 2 heterocycles. The molecule has 0 amide bonds. The number of nitrogens with zero attached hydrogens (tertiary/aromatic N) is 2. The van der Waals surface area contributed by atoms with Gasteiger partial charge in [0.1, 0.15) is 0 Å². The number of aliphatic hydroxyl groups excluding tert-OH is 2. The van der Waals surface area contributed by atoms with Gasteiger partial charge < -0.3 is 20.0 Å². The first kappa shape index (κ1) is 35.0. The Kier molecular flexibility index (Phi) is 12.2. The first-order chi connectivity index (χ1) is 20.3. The Balaban J connectivity index is 1.73. The summed E-state index contributed by atoms with van der Waals surface area (Å²) in [5, 5.41) is 17.5. The number of benzene rings is 1. The van der Waals surface area contributed by atoms with Crippen LogP contribution < -0.4 is 27.8 Å². The number of rotatable bonds is 19. The number of hydrogen-bond acceptors (Lipinski definition) is 13. The maximum atomic E-state index is 12.9. The van der Waals surface area contributed by atoms with E-state index in [4.69, 9.17) is 23.8 Å². The normalized spacial score (nSPS) is 16.4. The van der Waals surface area contributed by atoms with Crippen LogP contribution in [0.2, 0.25) is 0 Å². The number of fused-ring (bicyclic) bond motifs is 2. The van der Waals surface area contributed by atoms with Gasteiger partial charge in [-0.3, -0.25) is 46.4 Å². The summed E-state index contributed by atoms with van der Waals surface area (Å²) in [6.45, 7) is -2.32. The molecule has 4 unspecified atom stereocenters. The van der Waals surface area contributed by atoms with Gasteiger partial charge in [-0.05, 0) is 18.6 Å². The largest absolute Gasteiger partial charge is 0.472 e. The summed E-state index contributed by atoms with van der Waals surface area (Å²) in [6.07, 6.45) is 0.486. The van der Waals surface area contributed by atoms with Crippen LogP contribution in [0.15, 0.2) is 31.3 Å². The molecule has 43 heavy (non-hydrogen) atoms. The number of phosphoric acid groups is 2. The van der Waals surface area contributed by atoms with Crippen molar-refractivity contribution in [1.29, 1.82) is 0 Å². The maximum absolute atomic E-state index is 12.9. The highest BCUT2D eigenvalue weighted by Crippen LogP contribution is 2.44. The van der Waals surface area contributed by atoms with Crippen molar-refractivity contribution in [2.24, 2.45) is 11.8 Å². The zero-order chi connectivity index (χ0) is 31.9. The Morgan fingerprint density at radius 1 is 0.744 bits per heavy atom. The number of hydrogen-bond donors (Lipinski definition) is 5. The summed E-state index contributed by atoms with van der Waals surface area (Å²) in [5.41, 5.74) is -2.10. The fraction of sp³-hybridized carbons (Fsp3) is 0.565. The van der Waals surface area contributed by atoms with Crippen molar-refractivity contribution in [3.63, 3.8) is 0 Å². The lowest BCUT2D eigenvalue weighted by Crippen LogP contribution is -2.28. The lowest BCUT2D eigenvalue weighted by Gasteiger charge is -2.16. The van der Waals surface area contributed by atoms with E-state index < -0.39 is 83.3 Å². The number of nitrogens with one attached hydrogen (secondary N) is 1. The first-order valence-electron chi connectivity index (χ1n) is 13.0. The highest BCUT2D eigenvalue weighted by Gasteiger charge is 2.26. The monoisotopic (exact) mass is 655 g/mol. The van der Waals surface area contributed by atoms with Gasteiger partial charge in [-0.25, -0.2) is 9.13 Å². The lowest BCUT2D eigenvalue weighted by molar-refractivity contribution is 0.0977. The van der Waals surface area contributed by atoms with Crippen LogP contribution in [0.5, 0.6) is 0 Å². The first-order valence-corrected chi connectivity index (χ1v) is 16.0. The standard InChI is InChI=1S/C23H32FN3O14P2/c1-2-14(10-28)12-40-42(34,35)38-5-3-26-20(30)16-7-18-19(8-17(16)21(26)31)23(33)27(22(18)32)4-6-39-43(36,37)41-13-15(11-29)9-25-24/h7-8,14-15,25,28-29H,2-6,9-13H2,1H3,(H,34,35)(H,36,37). The van der Waals surface area contributed by atoms with Gasteiger partial charge in [0.25, 0.3) is 22.2 Å². The second-order valence-corrected chi connectivity index (χ2v) is 12.4. The quantitative estimate of drug-likeness (QED) is 0.0791. The van der Waals surface area contributed by atoms with Gasteiger partial charge in [0.15, 0.2) is 0 Å². The van der Waals surface area contributed by atoms with Gasteiger partial charge in [-0.2, -0.15) is 5.54 Å². The smallest absolute Gasteiger partial charge is 0.396 e. The van der Waals surface area contributed by atoms with Crippen LogP contribution in [-0.2, 0) is 40.3 Å². The van der Waals surface area contributed by atoms with Crippen molar-refractivity contribution >= 4 is 37.2 Å². The molecule has 0 bridgehead atoms. The highest BCUT2D eigenvalue weighted by atomic mass is 31.2. The molecular weight excluding hydrogens is 623 g/mol. The van der Waals surface area contributed by atoms with E-state index in [2.05, 4.69) is 4.52 Å². The van der Waals surface area contributed by atoms with Crippen LogP contribution in [0, 0.1) is 11.8 Å². The summed E-state index contributed by atoms with van der Waals surface area (Å²) in [5.74, 6) is -1.23. The molecule has 0 radical (unpaired) electrons. The van der Waals surface area contributed by atoms with Crippen LogP contribution in [0.1, 0.15) is 13.3 Å². The van der Waals surface area contributed by atoms with E-state index in [1.807, 2.05) is 0 Å². The highest BCUT2D eigenvalue weighted by molar-refractivity contribution is 7.47. The lowest BCUT2D eigenvalue weighted by atomic mass is 10.1. The Hall–Kier alpha value is -2.47. The van der Waals surface area contributed by atoms with Gasteiger partial charge in [-0.15, -0.1) is 4.48 Å². The second-order valence-electron chi connectivity index (χ2n) is 9.51. The third kappa shape index (κ3) is 8.59. The van der Waals surface area contributed by atoms with Gasteiger partial charge in [-0.1, -0.05) is 6.92 Å². The third-order valence-electron chi connectivity index (χ3n) is 6.60. The van der Waals surface area contributed by atoms with Gasteiger partial charge in [0.05, 0.1) is 61.1 Å². The molecule has 0 spiro atoms. The molecule has 5 N–H and O–H groups in total. The number of aliphatic hydroxyl groups is 2. The number of aromatic nitrogens is 2. The molecule has 3 rings (SSSR count). The molecule has 20 heteroatoms. The average molecular weight is 655 g/mol. The van der Waals surface area contributed by atoms with Crippen LogP contribution in [0.4, 0.5) is 4.48 Å². The predicted octanol–water partition coefficient (Wildman–Crippen LogP) is -0.719. The Labute approximate surface area is 241 Å². The van der Waals surface area contributed by atoms with Crippen LogP contribution >= 0.6 is 15.6 Å². The van der Waals surface area contributed by atoms with Gasteiger partial charge in [0, 0.05) is 31.6 Å². The summed E-state index contributed by atoms with van der Waals surface area (Å²) >= 11 is 0. The van der Waals surface area contributed by atoms with Crippen molar-refractivity contribution in [3.8, 4) is 0 Å². The molecule has 17 nitrogen and oxygen atoms in total. The minimum atomic E-state index is -4.69. The molecule has 240 valence electrons. The van der Waals surface area contributed by atoms with E-state index in [1.54, 1.807) is 6.92 Å². The molecular formula is C23H32FN3O14P2. The zero-order valence-electron chi connectivity index (χ0n) is 22.9. The molecule has 0 saturated carbocycles. The second kappa shape index (κ2) is 15.0. The van der Waals surface area contributed by atoms with Gasteiger partial charge >= 0.3 is 15.6 Å². The molecule has 4 atom stereocenters. The molecule has 0 saturated heterocycles. The zero-order valence-corrected chi connectivity index (χ0v) is 24.7. The van der Waals surface area contributed by atoms with Crippen LogP contribution in [-0.4, -0.2) is 75.3 Å². The summed E-state index contributed by atoms with van der Waals surface area (Å²) < 4.78 is 56.7.